The van der Waals surface area contributed by atoms with Crippen molar-refractivity contribution in [1.29, 1.82) is 0 Å². The van der Waals surface area contributed by atoms with Crippen LogP contribution < -0.4 is 0 Å². The van der Waals surface area contributed by atoms with E-state index >= 15 is 0 Å². The minimum Gasteiger partial charge on any atom is -0.386 e. The summed E-state index contributed by atoms with van der Waals surface area (Å²) in [5, 5.41) is 13.8. The Kier molecular flexibility index (Phi) is 3.19. The van der Waals surface area contributed by atoms with Crippen LogP contribution in [-0.2, 0) is 6.54 Å². The van der Waals surface area contributed by atoms with Crippen molar-refractivity contribution in [1.82, 2.24) is 9.78 Å². The number of halogens is 2. The van der Waals surface area contributed by atoms with Gasteiger partial charge in [-0.05, 0) is 19.1 Å². The van der Waals surface area contributed by atoms with E-state index in [2.05, 4.69) is 5.10 Å². The second-order valence-electron chi connectivity index (χ2n) is 3.81. The average molecular weight is 238 g/mol. The Bertz CT molecular complexity index is 525. The highest BCUT2D eigenvalue weighted by atomic mass is 19.2. The van der Waals surface area contributed by atoms with E-state index in [4.69, 9.17) is 0 Å². The number of aryl methyl sites for hydroxylation is 1. The number of hydrogen-bond donors (Lipinski definition) is 1. The van der Waals surface area contributed by atoms with Crippen molar-refractivity contribution < 1.29 is 13.9 Å². The highest BCUT2D eigenvalue weighted by molar-refractivity contribution is 5.21. The third-order valence-corrected chi connectivity index (χ3v) is 2.62. The molecule has 2 aromatic rings. The number of rotatable bonds is 3. The van der Waals surface area contributed by atoms with Crippen LogP contribution in [0.15, 0.2) is 30.5 Å². The Morgan fingerprint density at radius 3 is 2.76 bits per heavy atom. The first kappa shape index (κ1) is 11.7. The average Bonchev–Trinajstić information content (AvgIpc) is 2.68. The summed E-state index contributed by atoms with van der Waals surface area (Å²) in [6.45, 7) is 1.92. The van der Waals surface area contributed by atoms with Gasteiger partial charge in [0.2, 0.25) is 0 Å². The van der Waals surface area contributed by atoms with E-state index in [1.807, 2.05) is 6.92 Å². The molecule has 0 saturated heterocycles. The Morgan fingerprint density at radius 2 is 2.12 bits per heavy atom. The highest BCUT2D eigenvalue weighted by Gasteiger charge is 2.16. The minimum absolute atomic E-state index is 0.0556. The fourth-order valence-electron chi connectivity index (χ4n) is 1.63. The van der Waals surface area contributed by atoms with Gasteiger partial charge < -0.3 is 5.11 Å². The van der Waals surface area contributed by atoms with E-state index in [1.165, 1.54) is 16.8 Å². The van der Waals surface area contributed by atoms with Crippen molar-refractivity contribution in [3.8, 4) is 0 Å². The summed E-state index contributed by atoms with van der Waals surface area (Å²) >= 11 is 0. The van der Waals surface area contributed by atoms with Crippen molar-refractivity contribution in [2.24, 2.45) is 0 Å². The second-order valence-corrected chi connectivity index (χ2v) is 3.81. The standard InChI is InChI=1S/C12H12F2N2O/c1-8-5-6-15-16(8)7-11(17)9-3-2-4-10(13)12(9)14/h2-6,11,17H,7H2,1H3. The second kappa shape index (κ2) is 4.63. The van der Waals surface area contributed by atoms with Gasteiger partial charge in [-0.2, -0.15) is 5.10 Å². The van der Waals surface area contributed by atoms with Crippen LogP contribution in [0.5, 0.6) is 0 Å². The molecule has 1 aromatic carbocycles. The lowest BCUT2D eigenvalue weighted by molar-refractivity contribution is 0.145. The first-order valence-corrected chi connectivity index (χ1v) is 5.20. The fraction of sp³-hybridized carbons (Fsp3) is 0.250. The summed E-state index contributed by atoms with van der Waals surface area (Å²) in [6, 6.07) is 5.52. The van der Waals surface area contributed by atoms with Gasteiger partial charge in [-0.1, -0.05) is 12.1 Å². The van der Waals surface area contributed by atoms with Crippen LogP contribution in [0.1, 0.15) is 17.4 Å². The van der Waals surface area contributed by atoms with Crippen LogP contribution in [0.25, 0.3) is 0 Å². The molecule has 0 bridgehead atoms. The van der Waals surface area contributed by atoms with E-state index in [1.54, 1.807) is 12.3 Å². The molecule has 0 amide bonds. The van der Waals surface area contributed by atoms with E-state index in [9.17, 15) is 13.9 Å². The van der Waals surface area contributed by atoms with Crippen LogP contribution in [0, 0.1) is 18.6 Å². The molecule has 0 saturated carbocycles. The molecule has 1 aromatic heterocycles. The predicted octanol–water partition coefficient (Wildman–Crippen LogP) is 2.20. The molecule has 1 unspecified atom stereocenters. The lowest BCUT2D eigenvalue weighted by Crippen LogP contribution is -2.13. The molecule has 90 valence electrons. The quantitative estimate of drug-likeness (QED) is 0.890. The smallest absolute Gasteiger partial charge is 0.164 e. The Hall–Kier alpha value is -1.75. The zero-order chi connectivity index (χ0) is 12.4. The van der Waals surface area contributed by atoms with E-state index < -0.39 is 17.7 Å². The SMILES string of the molecule is Cc1ccnn1CC(O)c1cccc(F)c1F. The molecule has 3 nitrogen and oxygen atoms in total. The zero-order valence-corrected chi connectivity index (χ0v) is 9.27. The maximum absolute atomic E-state index is 13.4. The van der Waals surface area contributed by atoms with E-state index in [0.29, 0.717) is 0 Å². The third-order valence-electron chi connectivity index (χ3n) is 2.62. The lowest BCUT2D eigenvalue weighted by atomic mass is 10.1. The van der Waals surface area contributed by atoms with Crippen LogP contribution >= 0.6 is 0 Å². The first-order valence-electron chi connectivity index (χ1n) is 5.20. The van der Waals surface area contributed by atoms with Crippen LogP contribution in [0.2, 0.25) is 0 Å². The van der Waals surface area contributed by atoms with Crippen LogP contribution in [0.4, 0.5) is 8.78 Å². The number of aromatic nitrogens is 2. The van der Waals surface area contributed by atoms with Crippen LogP contribution in [-0.4, -0.2) is 14.9 Å². The Morgan fingerprint density at radius 1 is 1.35 bits per heavy atom. The van der Waals surface area contributed by atoms with Gasteiger partial charge in [0.05, 0.1) is 6.54 Å². The van der Waals surface area contributed by atoms with Gasteiger partial charge in [-0.3, -0.25) is 4.68 Å². The van der Waals surface area contributed by atoms with Crippen molar-refractivity contribution in [3.63, 3.8) is 0 Å². The van der Waals surface area contributed by atoms with Crippen LogP contribution in [0.3, 0.4) is 0 Å². The summed E-state index contributed by atoms with van der Waals surface area (Å²) in [4.78, 5) is 0. The molecule has 0 aliphatic heterocycles. The molecule has 17 heavy (non-hydrogen) atoms. The highest BCUT2D eigenvalue weighted by Crippen LogP contribution is 2.20. The summed E-state index contributed by atoms with van der Waals surface area (Å²) in [7, 11) is 0. The number of hydrogen-bond acceptors (Lipinski definition) is 2. The van der Waals surface area contributed by atoms with Crippen molar-refractivity contribution >= 4 is 0 Å². The summed E-state index contributed by atoms with van der Waals surface area (Å²) < 4.78 is 27.9. The number of nitrogens with zero attached hydrogens (tertiary/aromatic N) is 2. The molecule has 0 aliphatic rings. The predicted molar refractivity (Wildman–Crippen MR) is 58.3 cm³/mol. The number of aliphatic hydroxyl groups excluding tert-OH is 1. The van der Waals surface area contributed by atoms with Gasteiger partial charge in [0.25, 0.3) is 0 Å². The Labute approximate surface area is 97.3 Å². The molecule has 1 heterocycles. The molecule has 1 atom stereocenters. The van der Waals surface area contributed by atoms with Gasteiger partial charge in [0.1, 0.15) is 6.10 Å². The largest absolute Gasteiger partial charge is 0.386 e. The topological polar surface area (TPSA) is 38.0 Å². The summed E-state index contributed by atoms with van der Waals surface area (Å²) in [5.74, 6) is -1.97. The molecule has 0 radical (unpaired) electrons. The van der Waals surface area contributed by atoms with E-state index in [-0.39, 0.29) is 12.1 Å². The van der Waals surface area contributed by atoms with Crippen molar-refractivity contribution in [2.75, 3.05) is 0 Å². The molecule has 0 fully saturated rings. The monoisotopic (exact) mass is 238 g/mol. The zero-order valence-electron chi connectivity index (χ0n) is 9.27. The van der Waals surface area contributed by atoms with Gasteiger partial charge >= 0.3 is 0 Å². The van der Waals surface area contributed by atoms with Gasteiger partial charge in [0.15, 0.2) is 11.6 Å². The summed E-state index contributed by atoms with van der Waals surface area (Å²) in [6.07, 6.45) is 0.466. The lowest BCUT2D eigenvalue weighted by Gasteiger charge is -2.13. The maximum atomic E-state index is 13.4. The van der Waals surface area contributed by atoms with E-state index in [0.717, 1.165) is 11.8 Å². The third kappa shape index (κ3) is 2.34. The number of aliphatic hydroxyl groups is 1. The molecule has 0 spiro atoms. The molecule has 2 rings (SSSR count). The van der Waals surface area contributed by atoms with Crippen molar-refractivity contribution in [3.05, 3.63) is 53.4 Å². The van der Waals surface area contributed by atoms with Gasteiger partial charge in [0, 0.05) is 17.5 Å². The number of benzene rings is 1. The molecular weight excluding hydrogens is 226 g/mol. The Balaban J connectivity index is 2.23. The fourth-order valence-corrected chi connectivity index (χ4v) is 1.63. The molecule has 1 N–H and O–H groups in total. The molecular formula is C12H12F2N2O. The molecule has 0 aliphatic carbocycles. The van der Waals surface area contributed by atoms with Crippen molar-refractivity contribution in [2.45, 2.75) is 19.6 Å². The van der Waals surface area contributed by atoms with Gasteiger partial charge in [-0.15, -0.1) is 0 Å². The minimum atomic E-state index is -1.12. The first-order chi connectivity index (χ1) is 8.09. The summed E-state index contributed by atoms with van der Waals surface area (Å²) in [5.41, 5.74) is 0.792. The molecule has 5 heteroatoms. The maximum Gasteiger partial charge on any atom is 0.164 e. The normalized spacial score (nSPS) is 12.7. The van der Waals surface area contributed by atoms with Gasteiger partial charge in [-0.25, -0.2) is 8.78 Å².